The second-order valence-electron chi connectivity index (χ2n) is 13.3. The van der Waals surface area contributed by atoms with Crippen molar-refractivity contribution in [1.29, 1.82) is 0 Å². The van der Waals surface area contributed by atoms with Gasteiger partial charge in [-0.3, -0.25) is 4.99 Å². The summed E-state index contributed by atoms with van der Waals surface area (Å²) in [5.74, 6) is 1.94. The van der Waals surface area contributed by atoms with E-state index in [1.165, 1.54) is 33.0 Å². The second-order valence-corrected chi connectivity index (χ2v) is 13.3. The average Bonchev–Trinajstić information content (AvgIpc) is 3.20. The van der Waals surface area contributed by atoms with Crippen molar-refractivity contribution >= 4 is 22.6 Å². The van der Waals surface area contributed by atoms with Crippen molar-refractivity contribution in [2.24, 2.45) is 10.4 Å². The highest BCUT2D eigenvalue weighted by atomic mass is 15.0. The summed E-state index contributed by atoms with van der Waals surface area (Å²) in [7, 11) is 0. The Morgan fingerprint density at radius 2 is 1.10 bits per heavy atom. The van der Waals surface area contributed by atoms with Gasteiger partial charge in [0.1, 0.15) is 0 Å². The molecule has 0 amide bonds. The lowest BCUT2D eigenvalue weighted by Gasteiger charge is -2.41. The summed E-state index contributed by atoms with van der Waals surface area (Å²) in [6.07, 6.45) is 10.7. The topological polar surface area (TPSA) is 51.0 Å². The molecule has 51 heavy (non-hydrogen) atoms. The molecule has 1 aliphatic carbocycles. The van der Waals surface area contributed by atoms with Crippen LogP contribution in [0.15, 0.2) is 187 Å². The van der Waals surface area contributed by atoms with E-state index in [1.807, 2.05) is 66.9 Å². The molecule has 2 heterocycles. The molecule has 0 N–H and O–H groups in total. The van der Waals surface area contributed by atoms with Crippen molar-refractivity contribution in [3.05, 3.63) is 193 Å². The number of nitrogens with zero attached hydrogens (tertiary/aromatic N) is 4. The molecule has 0 bridgehead atoms. The molecule has 242 valence electrons. The molecular weight excluding hydrogens is 621 g/mol. The number of allylic oxidation sites excluding steroid dienone is 5. The number of benzene rings is 6. The van der Waals surface area contributed by atoms with Crippen LogP contribution in [0.1, 0.15) is 24.0 Å². The van der Waals surface area contributed by atoms with Crippen LogP contribution in [0.2, 0.25) is 0 Å². The Hall–Kier alpha value is -6.52. The molecule has 2 atom stereocenters. The fourth-order valence-corrected chi connectivity index (χ4v) is 7.57. The summed E-state index contributed by atoms with van der Waals surface area (Å²) in [6.45, 7) is 2.31. The monoisotopic (exact) mass is 654 g/mol. The van der Waals surface area contributed by atoms with Crippen LogP contribution < -0.4 is 0 Å². The van der Waals surface area contributed by atoms with Gasteiger partial charge in [-0.2, -0.15) is 0 Å². The molecule has 4 nitrogen and oxygen atoms in total. The van der Waals surface area contributed by atoms with E-state index in [0.717, 1.165) is 28.0 Å². The van der Waals surface area contributed by atoms with E-state index < -0.39 is 0 Å². The molecule has 7 aromatic rings. The first-order valence-electron chi connectivity index (χ1n) is 17.3. The average molecular weight is 655 g/mol. The van der Waals surface area contributed by atoms with E-state index in [2.05, 4.69) is 122 Å². The quantitative estimate of drug-likeness (QED) is 0.179. The normalized spacial score (nSPS) is 17.9. The number of rotatable bonds is 6. The molecule has 9 rings (SSSR count). The molecule has 6 aromatic carbocycles. The second kappa shape index (κ2) is 12.7. The van der Waals surface area contributed by atoms with E-state index in [4.69, 9.17) is 19.9 Å². The summed E-state index contributed by atoms with van der Waals surface area (Å²) in [5.41, 5.74) is 9.56. The van der Waals surface area contributed by atoms with Gasteiger partial charge < -0.3 is 0 Å². The minimum Gasteiger partial charge on any atom is -0.260 e. The fourth-order valence-electron chi connectivity index (χ4n) is 7.57. The van der Waals surface area contributed by atoms with Crippen LogP contribution in [-0.4, -0.2) is 21.2 Å². The van der Waals surface area contributed by atoms with Crippen LogP contribution in [0.4, 0.5) is 0 Å². The zero-order valence-electron chi connectivity index (χ0n) is 28.2. The predicted molar refractivity (Wildman–Crippen MR) is 210 cm³/mol. The molecule has 2 aliphatic rings. The van der Waals surface area contributed by atoms with Crippen molar-refractivity contribution in [2.75, 3.05) is 0 Å². The van der Waals surface area contributed by atoms with E-state index in [0.29, 0.717) is 17.5 Å². The lowest BCUT2D eigenvalue weighted by atomic mass is 9.63. The van der Waals surface area contributed by atoms with Gasteiger partial charge in [0, 0.05) is 34.2 Å². The van der Waals surface area contributed by atoms with Gasteiger partial charge in [0.15, 0.2) is 17.5 Å². The van der Waals surface area contributed by atoms with E-state index in [9.17, 15) is 0 Å². The maximum atomic E-state index is 5.03. The standard InChI is InChI=1S/C47H34N4/c1-47-28-13-29-48-42(47)27-26-41(43(47)37-22-10-20-35(30-37)40-25-12-19-32-14-8-9-24-39(32)40)36-21-11-23-38(31-36)46-50-44(33-15-4-2-5-16-33)49-45(51-46)34-17-6-3-7-18-34/h2-31,43H,1H3. The predicted octanol–water partition coefficient (Wildman–Crippen LogP) is 11.4. The van der Waals surface area contributed by atoms with Crippen LogP contribution in [0.3, 0.4) is 0 Å². The molecule has 1 aromatic heterocycles. The highest BCUT2D eigenvalue weighted by molar-refractivity contribution is 5.97. The Morgan fingerprint density at radius 1 is 0.510 bits per heavy atom. The summed E-state index contributed by atoms with van der Waals surface area (Å²) in [4.78, 5) is 19.8. The zero-order chi connectivity index (χ0) is 34.2. The minimum absolute atomic E-state index is 0.00879. The number of hydrogen-bond acceptors (Lipinski definition) is 4. The van der Waals surface area contributed by atoms with E-state index >= 15 is 0 Å². The Balaban J connectivity index is 1.18. The van der Waals surface area contributed by atoms with Crippen LogP contribution >= 0.6 is 0 Å². The third-order valence-electron chi connectivity index (χ3n) is 10.1. The number of aromatic nitrogens is 3. The van der Waals surface area contributed by atoms with Crippen LogP contribution in [0.5, 0.6) is 0 Å². The SMILES string of the molecule is CC12C=CC=NC1=CC=C(c1cccc(-c3nc(-c4ccccc4)nc(-c4ccccc4)n3)c1)C2c1cccc(-c2cccc3ccccc23)c1. The fraction of sp³-hybridized carbons (Fsp3) is 0.0638. The molecule has 2 unspecified atom stereocenters. The Labute approximate surface area is 298 Å². The van der Waals surface area contributed by atoms with Crippen molar-refractivity contribution in [3.63, 3.8) is 0 Å². The zero-order valence-corrected chi connectivity index (χ0v) is 28.2. The van der Waals surface area contributed by atoms with Gasteiger partial charge in [-0.05, 0) is 63.7 Å². The maximum absolute atomic E-state index is 5.03. The highest BCUT2D eigenvalue weighted by Crippen LogP contribution is 2.54. The summed E-state index contributed by atoms with van der Waals surface area (Å²) in [5, 5.41) is 2.49. The van der Waals surface area contributed by atoms with Crippen molar-refractivity contribution in [2.45, 2.75) is 12.8 Å². The molecule has 4 heteroatoms. The van der Waals surface area contributed by atoms with Gasteiger partial charge in [0.25, 0.3) is 0 Å². The molecular formula is C47H34N4. The third-order valence-corrected chi connectivity index (χ3v) is 10.1. The Bertz CT molecular complexity index is 2480. The smallest absolute Gasteiger partial charge is 0.164 e. The summed E-state index contributed by atoms with van der Waals surface area (Å²) in [6, 6.07) is 53.1. The van der Waals surface area contributed by atoms with Crippen LogP contribution in [0.25, 0.3) is 61.6 Å². The first-order chi connectivity index (χ1) is 25.1. The molecule has 0 spiro atoms. The summed E-state index contributed by atoms with van der Waals surface area (Å²) >= 11 is 0. The number of fused-ring (bicyclic) bond motifs is 2. The van der Waals surface area contributed by atoms with E-state index in [1.54, 1.807) is 0 Å². The number of dihydropyridines is 1. The minimum atomic E-state index is -0.347. The molecule has 0 saturated heterocycles. The Kier molecular flexibility index (Phi) is 7.63. The first-order valence-corrected chi connectivity index (χ1v) is 17.3. The first kappa shape index (κ1) is 30.5. The van der Waals surface area contributed by atoms with Gasteiger partial charge in [-0.15, -0.1) is 0 Å². The molecule has 0 radical (unpaired) electrons. The van der Waals surface area contributed by atoms with Gasteiger partial charge >= 0.3 is 0 Å². The lowest BCUT2D eigenvalue weighted by Crippen LogP contribution is -2.30. The molecule has 0 fully saturated rings. The number of aliphatic imine (C=N–C) groups is 1. The van der Waals surface area contributed by atoms with Gasteiger partial charge in [-0.1, -0.05) is 158 Å². The summed E-state index contributed by atoms with van der Waals surface area (Å²) < 4.78 is 0. The van der Waals surface area contributed by atoms with Crippen LogP contribution in [-0.2, 0) is 0 Å². The largest absolute Gasteiger partial charge is 0.260 e. The van der Waals surface area contributed by atoms with Crippen LogP contribution in [0, 0.1) is 5.41 Å². The van der Waals surface area contributed by atoms with E-state index in [-0.39, 0.29) is 11.3 Å². The highest BCUT2D eigenvalue weighted by Gasteiger charge is 2.42. The van der Waals surface area contributed by atoms with Gasteiger partial charge in [0.2, 0.25) is 0 Å². The molecule has 1 aliphatic heterocycles. The molecule has 0 saturated carbocycles. The van der Waals surface area contributed by atoms with Gasteiger partial charge in [-0.25, -0.2) is 15.0 Å². The van der Waals surface area contributed by atoms with Gasteiger partial charge in [0.05, 0.1) is 5.70 Å². The Morgan fingerprint density at radius 3 is 1.86 bits per heavy atom. The van der Waals surface area contributed by atoms with Crippen molar-refractivity contribution in [1.82, 2.24) is 15.0 Å². The number of hydrogen-bond donors (Lipinski definition) is 0. The maximum Gasteiger partial charge on any atom is 0.164 e. The third kappa shape index (κ3) is 5.61. The lowest BCUT2D eigenvalue weighted by molar-refractivity contribution is 0.455. The van der Waals surface area contributed by atoms with Crippen molar-refractivity contribution < 1.29 is 0 Å². The van der Waals surface area contributed by atoms with Crippen molar-refractivity contribution in [3.8, 4) is 45.3 Å².